The van der Waals surface area contributed by atoms with E-state index >= 15 is 0 Å². The molecule has 10 nitrogen and oxygen atoms in total. The number of para-hydroxylation sites is 3. The fourth-order valence-corrected chi connectivity index (χ4v) is 3.36. The van der Waals surface area contributed by atoms with E-state index in [0.29, 0.717) is 29.1 Å². The van der Waals surface area contributed by atoms with Crippen molar-refractivity contribution in [3.05, 3.63) is 84.2 Å². The van der Waals surface area contributed by atoms with Gasteiger partial charge in [-0.05, 0) is 46.8 Å². The third-order valence-electron chi connectivity index (χ3n) is 4.84. The van der Waals surface area contributed by atoms with Gasteiger partial charge < -0.3 is 9.47 Å². The number of fused-ring (bicyclic) bond motifs is 1. The number of aryl methyl sites for hydroxylation is 1. The first-order valence-electron chi connectivity index (χ1n) is 10.2. The lowest BCUT2D eigenvalue weighted by atomic mass is 10.2. The lowest BCUT2D eigenvalue weighted by Gasteiger charge is -2.09. The highest BCUT2D eigenvalue weighted by atomic mass is 16.5. The molecular formula is C23H19N7O3. The van der Waals surface area contributed by atoms with Crippen molar-refractivity contribution in [3.63, 3.8) is 0 Å². The molecule has 164 valence electrons. The molecule has 0 unspecified atom stereocenters. The standard InChI is InChI=1S/C23H19N7O3/c1-29-22(26-27-28-29)30-20-13-6-5-12-19(20)25-23(30)32-15-17-9-7-8-16(24-17)14-21(31)33-18-10-3-2-4-11-18/h2-13H,14-15H2,1H3. The lowest BCUT2D eigenvalue weighted by molar-refractivity contribution is -0.133. The van der Waals surface area contributed by atoms with E-state index in [0.717, 1.165) is 11.0 Å². The summed E-state index contributed by atoms with van der Waals surface area (Å²) < 4.78 is 14.6. The number of hydrogen-bond acceptors (Lipinski definition) is 8. The van der Waals surface area contributed by atoms with E-state index in [1.54, 1.807) is 29.8 Å². The molecule has 0 fully saturated rings. The summed E-state index contributed by atoms with van der Waals surface area (Å²) in [7, 11) is 1.74. The maximum Gasteiger partial charge on any atom is 0.317 e. The van der Waals surface area contributed by atoms with Crippen LogP contribution in [-0.4, -0.2) is 40.7 Å². The minimum Gasteiger partial charge on any atom is -0.458 e. The number of aromatic nitrogens is 7. The van der Waals surface area contributed by atoms with Gasteiger partial charge in [0, 0.05) is 7.05 Å². The first-order valence-corrected chi connectivity index (χ1v) is 10.2. The van der Waals surface area contributed by atoms with Crippen molar-refractivity contribution in [2.75, 3.05) is 0 Å². The number of carbonyl (C=O) groups excluding carboxylic acids is 1. The summed E-state index contributed by atoms with van der Waals surface area (Å²) in [4.78, 5) is 21.3. The first kappa shape index (κ1) is 20.3. The highest BCUT2D eigenvalue weighted by Gasteiger charge is 2.18. The number of nitrogens with zero attached hydrogens (tertiary/aromatic N) is 7. The van der Waals surface area contributed by atoms with E-state index in [4.69, 9.17) is 9.47 Å². The van der Waals surface area contributed by atoms with Gasteiger partial charge in [-0.15, -0.1) is 0 Å². The molecule has 2 aromatic carbocycles. The molecular weight excluding hydrogens is 422 g/mol. The van der Waals surface area contributed by atoms with Gasteiger partial charge in [-0.1, -0.05) is 41.5 Å². The molecule has 0 saturated carbocycles. The molecule has 0 radical (unpaired) electrons. The second-order valence-corrected chi connectivity index (χ2v) is 7.19. The normalized spacial score (nSPS) is 10.9. The van der Waals surface area contributed by atoms with Gasteiger partial charge in [0.25, 0.3) is 5.95 Å². The second-order valence-electron chi connectivity index (χ2n) is 7.19. The molecule has 0 aliphatic carbocycles. The monoisotopic (exact) mass is 441 g/mol. The fourth-order valence-electron chi connectivity index (χ4n) is 3.36. The van der Waals surface area contributed by atoms with E-state index in [1.807, 2.05) is 54.6 Å². The molecule has 10 heteroatoms. The summed E-state index contributed by atoms with van der Waals surface area (Å²) in [5.41, 5.74) is 2.80. The summed E-state index contributed by atoms with van der Waals surface area (Å²) in [6, 6.07) is 22.3. The molecule has 0 atom stereocenters. The van der Waals surface area contributed by atoms with Crippen LogP contribution in [0.1, 0.15) is 11.4 Å². The Bertz CT molecular complexity index is 1410. The largest absolute Gasteiger partial charge is 0.458 e. The summed E-state index contributed by atoms with van der Waals surface area (Å²) in [6.07, 6.45) is 0.0475. The average molecular weight is 441 g/mol. The molecule has 33 heavy (non-hydrogen) atoms. The number of ether oxygens (including phenoxy) is 2. The van der Waals surface area contributed by atoms with Crippen molar-refractivity contribution in [1.29, 1.82) is 0 Å². The van der Waals surface area contributed by atoms with Gasteiger partial charge in [0.15, 0.2) is 0 Å². The van der Waals surface area contributed by atoms with Crippen molar-refractivity contribution in [2.24, 2.45) is 7.05 Å². The molecule has 5 rings (SSSR count). The predicted molar refractivity (Wildman–Crippen MR) is 118 cm³/mol. The van der Waals surface area contributed by atoms with Gasteiger partial charge in [-0.2, -0.15) is 4.98 Å². The number of hydrogen-bond donors (Lipinski definition) is 0. The molecule has 0 N–H and O–H groups in total. The van der Waals surface area contributed by atoms with E-state index < -0.39 is 0 Å². The van der Waals surface area contributed by atoms with Crippen molar-refractivity contribution >= 4 is 17.0 Å². The Hall–Kier alpha value is -4.60. The van der Waals surface area contributed by atoms with Gasteiger partial charge in [-0.3, -0.25) is 9.78 Å². The van der Waals surface area contributed by atoms with Gasteiger partial charge in [0.1, 0.15) is 12.4 Å². The number of tetrazole rings is 1. The number of benzene rings is 2. The average Bonchev–Trinajstić information content (AvgIpc) is 3.41. The lowest BCUT2D eigenvalue weighted by Crippen LogP contribution is -2.13. The molecule has 0 spiro atoms. The Labute approximate surface area is 188 Å². The maximum atomic E-state index is 12.3. The van der Waals surface area contributed by atoms with Crippen LogP contribution in [0.5, 0.6) is 11.8 Å². The quantitative estimate of drug-likeness (QED) is 0.280. The van der Waals surface area contributed by atoms with Crippen LogP contribution in [0.4, 0.5) is 0 Å². The molecule has 3 aromatic heterocycles. The van der Waals surface area contributed by atoms with Crippen LogP contribution in [0.15, 0.2) is 72.8 Å². The van der Waals surface area contributed by atoms with Gasteiger partial charge in [0.2, 0.25) is 0 Å². The minimum absolute atomic E-state index is 0.0475. The topological polar surface area (TPSA) is 110 Å². The molecule has 0 bridgehead atoms. The highest BCUT2D eigenvalue weighted by molar-refractivity contribution is 5.78. The number of rotatable bonds is 7. The molecule has 5 aromatic rings. The van der Waals surface area contributed by atoms with Crippen molar-refractivity contribution < 1.29 is 14.3 Å². The van der Waals surface area contributed by atoms with Crippen LogP contribution in [0, 0.1) is 0 Å². The Morgan fingerprint density at radius 1 is 0.909 bits per heavy atom. The van der Waals surface area contributed by atoms with Crippen molar-refractivity contribution in [2.45, 2.75) is 13.0 Å². The van der Waals surface area contributed by atoms with Crippen LogP contribution in [0.2, 0.25) is 0 Å². The number of pyridine rings is 1. The van der Waals surface area contributed by atoms with Crippen LogP contribution in [-0.2, 0) is 24.9 Å². The maximum absolute atomic E-state index is 12.3. The zero-order valence-corrected chi connectivity index (χ0v) is 17.7. The third-order valence-corrected chi connectivity index (χ3v) is 4.84. The Morgan fingerprint density at radius 2 is 1.70 bits per heavy atom. The van der Waals surface area contributed by atoms with Crippen LogP contribution < -0.4 is 9.47 Å². The van der Waals surface area contributed by atoms with Gasteiger partial charge in [-0.25, -0.2) is 9.25 Å². The van der Waals surface area contributed by atoms with Crippen LogP contribution in [0.25, 0.3) is 17.0 Å². The molecule has 0 aliphatic rings. The zero-order valence-electron chi connectivity index (χ0n) is 17.7. The Kier molecular flexibility index (Phi) is 5.46. The molecule has 0 aliphatic heterocycles. The number of esters is 1. The Morgan fingerprint density at radius 3 is 2.52 bits per heavy atom. The van der Waals surface area contributed by atoms with E-state index in [9.17, 15) is 4.79 Å². The SMILES string of the molecule is Cn1nnnc1-n1c(OCc2cccc(CC(=O)Oc3ccccc3)n2)nc2ccccc21. The van der Waals surface area contributed by atoms with Crippen molar-refractivity contribution in [3.8, 4) is 17.7 Å². The van der Waals surface area contributed by atoms with E-state index in [2.05, 4.69) is 25.5 Å². The first-order chi connectivity index (χ1) is 16.2. The summed E-state index contributed by atoms with van der Waals surface area (Å²) in [6.45, 7) is 0.149. The predicted octanol–water partition coefficient (Wildman–Crippen LogP) is 2.67. The van der Waals surface area contributed by atoms with Crippen molar-refractivity contribution in [1.82, 2.24) is 34.7 Å². The zero-order chi connectivity index (χ0) is 22.6. The fraction of sp³-hybridized carbons (Fsp3) is 0.130. The van der Waals surface area contributed by atoms with E-state index in [1.165, 1.54) is 4.68 Å². The molecule has 0 saturated heterocycles. The molecule has 0 amide bonds. The summed E-state index contributed by atoms with van der Waals surface area (Å²) >= 11 is 0. The van der Waals surface area contributed by atoms with Gasteiger partial charge >= 0.3 is 12.0 Å². The van der Waals surface area contributed by atoms with Crippen LogP contribution >= 0.6 is 0 Å². The number of carbonyl (C=O) groups is 1. The van der Waals surface area contributed by atoms with Gasteiger partial charge in [0.05, 0.1) is 28.8 Å². The van der Waals surface area contributed by atoms with E-state index in [-0.39, 0.29) is 19.0 Å². The Balaban J connectivity index is 1.33. The highest BCUT2D eigenvalue weighted by Crippen LogP contribution is 2.25. The second kappa shape index (κ2) is 8.87. The number of imidazole rings is 1. The molecule has 3 heterocycles. The van der Waals surface area contributed by atoms with Crippen LogP contribution in [0.3, 0.4) is 0 Å². The summed E-state index contributed by atoms with van der Waals surface area (Å²) in [5.74, 6) is 0.589. The minimum atomic E-state index is -0.386. The summed E-state index contributed by atoms with van der Waals surface area (Å²) in [5, 5.41) is 11.7. The smallest absolute Gasteiger partial charge is 0.317 e. The third kappa shape index (κ3) is 4.40.